The molecule has 0 spiro atoms. The molecule has 1 fully saturated rings. The average molecular weight is 301 g/mol. The number of rotatable bonds is 1. The molecule has 0 unspecified atom stereocenters. The van der Waals surface area contributed by atoms with Gasteiger partial charge in [-0.1, -0.05) is 23.2 Å². The van der Waals surface area contributed by atoms with Crippen LogP contribution in [0, 0.1) is 0 Å². The summed E-state index contributed by atoms with van der Waals surface area (Å²) in [5.41, 5.74) is 1.69. The molecule has 1 aliphatic rings. The Hall–Kier alpha value is -0.810. The molecule has 2 N–H and O–H groups in total. The second-order valence-electron chi connectivity index (χ2n) is 5.01. The van der Waals surface area contributed by atoms with Crippen LogP contribution in [0.1, 0.15) is 25.3 Å². The molecule has 0 saturated heterocycles. The quantitative estimate of drug-likeness (QED) is 0.851. The van der Waals surface area contributed by atoms with Crippen LogP contribution >= 0.6 is 23.2 Å². The molecule has 1 saturated carbocycles. The van der Waals surface area contributed by atoms with Crippen molar-refractivity contribution in [3.63, 3.8) is 0 Å². The molecule has 1 heterocycles. The van der Waals surface area contributed by atoms with Gasteiger partial charge in [-0.2, -0.15) is 0 Å². The van der Waals surface area contributed by atoms with Crippen LogP contribution in [0.4, 0.5) is 0 Å². The van der Waals surface area contributed by atoms with Crippen LogP contribution < -0.4 is 0 Å². The molecule has 2 aromatic rings. The van der Waals surface area contributed by atoms with Crippen molar-refractivity contribution in [3.05, 3.63) is 28.5 Å². The van der Waals surface area contributed by atoms with E-state index in [9.17, 15) is 10.2 Å². The number of hydrogen-bond donors (Lipinski definition) is 2. The first-order valence-corrected chi connectivity index (χ1v) is 6.99. The van der Waals surface area contributed by atoms with E-state index in [-0.39, 0.29) is 6.04 Å². The number of aliphatic hydroxyl groups excluding tert-OH is 2. The molecule has 3 atom stereocenters. The molecule has 1 aliphatic carbocycles. The van der Waals surface area contributed by atoms with E-state index < -0.39 is 12.2 Å². The molecule has 1 aromatic carbocycles. The van der Waals surface area contributed by atoms with E-state index >= 15 is 0 Å². The summed E-state index contributed by atoms with van der Waals surface area (Å²) >= 11 is 12.0. The fourth-order valence-corrected chi connectivity index (χ4v) is 2.99. The van der Waals surface area contributed by atoms with Gasteiger partial charge in [0.25, 0.3) is 0 Å². The van der Waals surface area contributed by atoms with Crippen LogP contribution in [0.3, 0.4) is 0 Å². The standard InChI is InChI=1S/C13H14Cl2N2O2/c14-8-4-10-11(5-9(8)15)17(6-16-10)7-1-2-12(18)13(19)3-7/h4-7,12-13,18-19H,1-3H2/t7-,12+,13-/m1/s1. The van der Waals surface area contributed by atoms with Crippen LogP contribution in [0.25, 0.3) is 11.0 Å². The van der Waals surface area contributed by atoms with Crippen molar-refractivity contribution < 1.29 is 10.2 Å². The molecule has 3 rings (SSSR count). The molecule has 0 amide bonds. The predicted octanol–water partition coefficient (Wildman–Crippen LogP) is 2.79. The zero-order valence-corrected chi connectivity index (χ0v) is 11.6. The van der Waals surface area contributed by atoms with Gasteiger partial charge in [-0.05, 0) is 31.4 Å². The second-order valence-corrected chi connectivity index (χ2v) is 5.82. The number of imidazole rings is 1. The van der Waals surface area contributed by atoms with Crippen LogP contribution in [0.15, 0.2) is 18.5 Å². The summed E-state index contributed by atoms with van der Waals surface area (Å²) < 4.78 is 2.01. The second kappa shape index (κ2) is 4.94. The molecule has 1 aromatic heterocycles. The minimum Gasteiger partial charge on any atom is -0.390 e. The molecule has 19 heavy (non-hydrogen) atoms. The maximum atomic E-state index is 9.79. The van der Waals surface area contributed by atoms with Gasteiger partial charge in [-0.15, -0.1) is 0 Å². The maximum Gasteiger partial charge on any atom is 0.0960 e. The summed E-state index contributed by atoms with van der Waals surface area (Å²) in [6.07, 6.45) is 2.36. The van der Waals surface area contributed by atoms with E-state index in [0.29, 0.717) is 22.9 Å². The van der Waals surface area contributed by atoms with Gasteiger partial charge in [0.2, 0.25) is 0 Å². The largest absolute Gasteiger partial charge is 0.390 e. The van der Waals surface area contributed by atoms with Gasteiger partial charge in [0.1, 0.15) is 0 Å². The van der Waals surface area contributed by atoms with Crippen molar-refractivity contribution in [2.75, 3.05) is 0 Å². The molecular weight excluding hydrogens is 287 g/mol. The number of aromatic nitrogens is 2. The van der Waals surface area contributed by atoms with Gasteiger partial charge in [0.15, 0.2) is 0 Å². The zero-order chi connectivity index (χ0) is 13.6. The lowest BCUT2D eigenvalue weighted by Crippen LogP contribution is -2.34. The molecule has 4 nitrogen and oxygen atoms in total. The number of hydrogen-bond acceptors (Lipinski definition) is 3. The average Bonchev–Trinajstić information content (AvgIpc) is 2.76. The third-order valence-corrected chi connectivity index (χ3v) is 4.49. The topological polar surface area (TPSA) is 58.3 Å². The maximum absolute atomic E-state index is 9.79. The lowest BCUT2D eigenvalue weighted by atomic mass is 9.90. The van der Waals surface area contributed by atoms with Gasteiger partial charge in [-0.25, -0.2) is 4.98 Å². The minimum atomic E-state index is -0.682. The number of nitrogens with zero attached hydrogens (tertiary/aromatic N) is 2. The van der Waals surface area contributed by atoms with Crippen molar-refractivity contribution in [2.45, 2.75) is 37.5 Å². The van der Waals surface area contributed by atoms with Crippen LogP contribution in [-0.2, 0) is 0 Å². The van der Waals surface area contributed by atoms with E-state index in [1.54, 1.807) is 18.5 Å². The molecular formula is C13H14Cl2N2O2. The minimum absolute atomic E-state index is 0.126. The van der Waals surface area contributed by atoms with E-state index in [2.05, 4.69) is 4.98 Å². The monoisotopic (exact) mass is 300 g/mol. The van der Waals surface area contributed by atoms with Crippen LogP contribution in [0.5, 0.6) is 0 Å². The lowest BCUT2D eigenvalue weighted by Gasteiger charge is -2.31. The van der Waals surface area contributed by atoms with Gasteiger partial charge in [0.05, 0.1) is 39.6 Å². The first-order chi connectivity index (χ1) is 9.06. The first kappa shape index (κ1) is 13.2. The number of fused-ring (bicyclic) bond motifs is 1. The van der Waals surface area contributed by atoms with Crippen molar-refractivity contribution in [3.8, 4) is 0 Å². The third kappa shape index (κ3) is 2.34. The molecule has 6 heteroatoms. The number of aliphatic hydroxyl groups is 2. The van der Waals surface area contributed by atoms with Gasteiger partial charge >= 0.3 is 0 Å². The Morgan fingerprint density at radius 3 is 2.58 bits per heavy atom. The Kier molecular flexibility index (Phi) is 3.43. The van der Waals surface area contributed by atoms with E-state index in [1.165, 1.54) is 0 Å². The number of halogens is 2. The van der Waals surface area contributed by atoms with E-state index in [0.717, 1.165) is 17.5 Å². The molecule has 0 bridgehead atoms. The Balaban J connectivity index is 1.99. The smallest absolute Gasteiger partial charge is 0.0960 e. The molecule has 0 radical (unpaired) electrons. The Morgan fingerprint density at radius 2 is 1.84 bits per heavy atom. The van der Waals surface area contributed by atoms with Gasteiger partial charge in [0, 0.05) is 6.04 Å². The highest BCUT2D eigenvalue weighted by atomic mass is 35.5. The summed E-state index contributed by atoms with van der Waals surface area (Å²) in [6.45, 7) is 0. The fourth-order valence-electron chi connectivity index (χ4n) is 2.68. The normalized spacial score (nSPS) is 27.9. The van der Waals surface area contributed by atoms with E-state index in [4.69, 9.17) is 23.2 Å². The summed E-state index contributed by atoms with van der Waals surface area (Å²) in [5.74, 6) is 0. The third-order valence-electron chi connectivity index (χ3n) is 3.76. The lowest BCUT2D eigenvalue weighted by molar-refractivity contribution is -0.0225. The summed E-state index contributed by atoms with van der Waals surface area (Å²) in [6, 6.07) is 3.66. The predicted molar refractivity (Wildman–Crippen MR) is 74.7 cm³/mol. The zero-order valence-electron chi connectivity index (χ0n) is 10.1. The highest BCUT2D eigenvalue weighted by Gasteiger charge is 2.29. The van der Waals surface area contributed by atoms with Crippen LogP contribution in [0.2, 0.25) is 10.0 Å². The SMILES string of the molecule is O[C@@H]1C[C@H](n2cnc3cc(Cl)c(Cl)cc32)CC[C@@H]1O. The Bertz CT molecular complexity index is 614. The summed E-state index contributed by atoms with van der Waals surface area (Å²) in [7, 11) is 0. The molecule has 102 valence electrons. The molecule has 0 aliphatic heterocycles. The number of benzene rings is 1. The van der Waals surface area contributed by atoms with Crippen molar-refractivity contribution >= 4 is 34.2 Å². The Labute approximate surface area is 120 Å². The first-order valence-electron chi connectivity index (χ1n) is 6.24. The highest BCUT2D eigenvalue weighted by molar-refractivity contribution is 6.42. The summed E-state index contributed by atoms with van der Waals surface area (Å²) in [4.78, 5) is 4.32. The van der Waals surface area contributed by atoms with Crippen molar-refractivity contribution in [2.24, 2.45) is 0 Å². The van der Waals surface area contributed by atoms with Crippen LogP contribution in [-0.4, -0.2) is 32.0 Å². The van der Waals surface area contributed by atoms with Gasteiger partial charge < -0.3 is 14.8 Å². The highest BCUT2D eigenvalue weighted by Crippen LogP contribution is 2.33. The van der Waals surface area contributed by atoms with E-state index in [1.807, 2.05) is 4.57 Å². The Morgan fingerprint density at radius 1 is 1.11 bits per heavy atom. The van der Waals surface area contributed by atoms with Crippen molar-refractivity contribution in [1.82, 2.24) is 9.55 Å². The van der Waals surface area contributed by atoms with Gasteiger partial charge in [-0.3, -0.25) is 0 Å². The summed E-state index contributed by atoms with van der Waals surface area (Å²) in [5, 5.41) is 20.3. The fraction of sp³-hybridized carbons (Fsp3) is 0.462. The van der Waals surface area contributed by atoms with Crippen molar-refractivity contribution in [1.29, 1.82) is 0 Å².